The number of nitrogens with one attached hydrogen (secondary N) is 1. The van der Waals surface area contributed by atoms with E-state index in [0.29, 0.717) is 28.1 Å². The Morgan fingerprint density at radius 2 is 2.19 bits per heavy atom. The van der Waals surface area contributed by atoms with Gasteiger partial charge in [0.25, 0.3) is 0 Å². The van der Waals surface area contributed by atoms with Gasteiger partial charge in [-0.05, 0) is 25.1 Å². The fourth-order valence-corrected chi connectivity index (χ4v) is 2.32. The number of aryl methyl sites for hydroxylation is 1. The summed E-state index contributed by atoms with van der Waals surface area (Å²) in [5.74, 6) is 0.0579. The molecule has 2 aromatic rings. The highest BCUT2D eigenvalue weighted by molar-refractivity contribution is 9.10. The largest absolute Gasteiger partial charge is 0.506 e. The van der Waals surface area contributed by atoms with E-state index in [1.165, 1.54) is 6.20 Å². The van der Waals surface area contributed by atoms with Crippen LogP contribution in [0, 0.1) is 18.3 Å². The average Bonchev–Trinajstić information content (AvgIpc) is 2.49. The molecule has 0 aliphatic heterocycles. The number of halogens is 1. The van der Waals surface area contributed by atoms with E-state index in [9.17, 15) is 10.2 Å². The van der Waals surface area contributed by atoms with Gasteiger partial charge < -0.3 is 15.5 Å². The van der Waals surface area contributed by atoms with Crippen molar-refractivity contribution in [2.45, 2.75) is 20.1 Å². The van der Waals surface area contributed by atoms with Crippen LogP contribution < -0.4 is 5.32 Å². The van der Waals surface area contributed by atoms with Crippen LogP contribution in [-0.4, -0.2) is 15.2 Å². The van der Waals surface area contributed by atoms with Crippen molar-refractivity contribution in [1.29, 1.82) is 5.26 Å². The zero-order valence-corrected chi connectivity index (χ0v) is 13.0. The Morgan fingerprint density at radius 1 is 1.43 bits per heavy atom. The first-order valence-electron chi connectivity index (χ1n) is 6.27. The summed E-state index contributed by atoms with van der Waals surface area (Å²) < 4.78 is 0.849. The normalized spacial score (nSPS) is 10.2. The maximum Gasteiger partial charge on any atom is 0.142 e. The van der Waals surface area contributed by atoms with Crippen molar-refractivity contribution < 1.29 is 10.2 Å². The molecule has 21 heavy (non-hydrogen) atoms. The molecule has 2 rings (SSSR count). The molecule has 1 aromatic carbocycles. The quantitative estimate of drug-likeness (QED) is 0.791. The van der Waals surface area contributed by atoms with Crippen LogP contribution in [-0.2, 0) is 13.2 Å². The zero-order valence-electron chi connectivity index (χ0n) is 11.4. The maximum atomic E-state index is 10.1. The molecule has 0 saturated carbocycles. The van der Waals surface area contributed by atoms with E-state index in [-0.39, 0.29) is 18.9 Å². The molecule has 0 fully saturated rings. The summed E-state index contributed by atoms with van der Waals surface area (Å²) in [5.41, 5.74) is 2.80. The summed E-state index contributed by atoms with van der Waals surface area (Å²) in [6.45, 7) is 1.78. The Labute approximate surface area is 131 Å². The SMILES string of the molecule is Cc1ncc(CO)c(CNc2cc(Br)ccc2C#N)c1O. The highest BCUT2D eigenvalue weighted by atomic mass is 79.9. The standard InChI is InChI=1S/C15H14BrN3O2/c1-9-15(21)13(11(8-20)6-18-9)7-19-14-4-12(16)3-2-10(14)5-17/h2-4,6,19-21H,7-8H2,1H3. The van der Waals surface area contributed by atoms with E-state index in [1.54, 1.807) is 25.1 Å². The third-order valence-corrected chi connectivity index (χ3v) is 3.65. The van der Waals surface area contributed by atoms with Gasteiger partial charge in [0, 0.05) is 28.3 Å². The predicted octanol–water partition coefficient (Wildman–Crippen LogP) is 2.83. The van der Waals surface area contributed by atoms with Crippen molar-refractivity contribution in [1.82, 2.24) is 4.98 Å². The molecule has 3 N–H and O–H groups in total. The lowest BCUT2D eigenvalue weighted by Gasteiger charge is -2.14. The number of nitriles is 1. The van der Waals surface area contributed by atoms with Crippen molar-refractivity contribution >= 4 is 21.6 Å². The van der Waals surface area contributed by atoms with E-state index in [2.05, 4.69) is 32.3 Å². The number of rotatable bonds is 4. The lowest BCUT2D eigenvalue weighted by molar-refractivity contribution is 0.279. The van der Waals surface area contributed by atoms with Crippen LogP contribution in [0.25, 0.3) is 0 Å². The van der Waals surface area contributed by atoms with Gasteiger partial charge in [-0.1, -0.05) is 15.9 Å². The minimum atomic E-state index is -0.207. The van der Waals surface area contributed by atoms with Gasteiger partial charge in [-0.25, -0.2) is 0 Å². The van der Waals surface area contributed by atoms with Gasteiger partial charge in [-0.15, -0.1) is 0 Å². The number of pyridine rings is 1. The molecule has 0 spiro atoms. The molecule has 0 aliphatic carbocycles. The Hall–Kier alpha value is -2.10. The first-order valence-corrected chi connectivity index (χ1v) is 7.06. The van der Waals surface area contributed by atoms with E-state index in [4.69, 9.17) is 5.26 Å². The van der Waals surface area contributed by atoms with E-state index >= 15 is 0 Å². The smallest absolute Gasteiger partial charge is 0.142 e. The molecular weight excluding hydrogens is 334 g/mol. The summed E-state index contributed by atoms with van der Waals surface area (Å²) in [4.78, 5) is 4.02. The molecule has 5 nitrogen and oxygen atoms in total. The van der Waals surface area contributed by atoms with Crippen LogP contribution in [0.4, 0.5) is 5.69 Å². The number of benzene rings is 1. The molecule has 1 heterocycles. The molecule has 0 unspecified atom stereocenters. The predicted molar refractivity (Wildman–Crippen MR) is 82.7 cm³/mol. The lowest BCUT2D eigenvalue weighted by Crippen LogP contribution is -2.06. The van der Waals surface area contributed by atoms with Crippen molar-refractivity contribution in [2.75, 3.05) is 5.32 Å². The number of aromatic hydroxyl groups is 1. The van der Waals surface area contributed by atoms with Crippen LogP contribution in [0.2, 0.25) is 0 Å². The van der Waals surface area contributed by atoms with Crippen LogP contribution in [0.3, 0.4) is 0 Å². The van der Waals surface area contributed by atoms with Crippen LogP contribution in [0.5, 0.6) is 5.75 Å². The van der Waals surface area contributed by atoms with E-state index in [0.717, 1.165) is 4.47 Å². The number of aromatic nitrogens is 1. The van der Waals surface area contributed by atoms with Crippen LogP contribution in [0.15, 0.2) is 28.9 Å². The average molecular weight is 348 g/mol. The maximum absolute atomic E-state index is 10.1. The fraction of sp³-hybridized carbons (Fsp3) is 0.200. The Morgan fingerprint density at radius 3 is 2.86 bits per heavy atom. The van der Waals surface area contributed by atoms with Crippen LogP contribution >= 0.6 is 15.9 Å². The second-order valence-electron chi connectivity index (χ2n) is 4.51. The monoisotopic (exact) mass is 347 g/mol. The summed E-state index contributed by atoms with van der Waals surface area (Å²) >= 11 is 3.36. The number of hydrogen-bond acceptors (Lipinski definition) is 5. The highest BCUT2D eigenvalue weighted by Crippen LogP contribution is 2.26. The van der Waals surface area contributed by atoms with Gasteiger partial charge in [0.05, 0.1) is 23.6 Å². The minimum Gasteiger partial charge on any atom is -0.506 e. The third kappa shape index (κ3) is 3.32. The van der Waals surface area contributed by atoms with Gasteiger partial charge in [-0.2, -0.15) is 5.26 Å². The zero-order chi connectivity index (χ0) is 15.4. The van der Waals surface area contributed by atoms with E-state index in [1.807, 2.05) is 0 Å². The summed E-state index contributed by atoms with van der Waals surface area (Å²) in [6, 6.07) is 7.39. The van der Waals surface area contributed by atoms with Crippen molar-refractivity contribution in [2.24, 2.45) is 0 Å². The number of aliphatic hydroxyl groups excluding tert-OH is 1. The third-order valence-electron chi connectivity index (χ3n) is 3.16. The Bertz CT molecular complexity index is 711. The van der Waals surface area contributed by atoms with Crippen molar-refractivity contribution in [3.8, 4) is 11.8 Å². The molecular formula is C15H14BrN3O2. The molecule has 1 aromatic heterocycles. The first kappa shape index (κ1) is 15.3. The molecule has 0 amide bonds. The number of nitrogens with zero attached hydrogens (tertiary/aromatic N) is 2. The topological polar surface area (TPSA) is 89.2 Å². The molecule has 0 radical (unpaired) electrons. The number of aliphatic hydroxyl groups is 1. The minimum absolute atomic E-state index is 0.0579. The van der Waals surface area contributed by atoms with Gasteiger partial charge in [0.1, 0.15) is 11.8 Å². The molecule has 0 saturated heterocycles. The molecule has 0 atom stereocenters. The molecule has 0 aliphatic rings. The van der Waals surface area contributed by atoms with Gasteiger partial charge in [-0.3, -0.25) is 4.98 Å². The van der Waals surface area contributed by atoms with Gasteiger partial charge >= 0.3 is 0 Å². The number of anilines is 1. The molecule has 6 heteroatoms. The fourth-order valence-electron chi connectivity index (χ4n) is 1.96. The van der Waals surface area contributed by atoms with Crippen LogP contribution in [0.1, 0.15) is 22.4 Å². The van der Waals surface area contributed by atoms with E-state index < -0.39 is 0 Å². The molecule has 108 valence electrons. The summed E-state index contributed by atoms with van der Waals surface area (Å²) in [7, 11) is 0. The van der Waals surface area contributed by atoms with Gasteiger partial charge in [0.15, 0.2) is 0 Å². The Kier molecular flexibility index (Phi) is 4.78. The molecule has 0 bridgehead atoms. The highest BCUT2D eigenvalue weighted by Gasteiger charge is 2.12. The first-order chi connectivity index (χ1) is 10.1. The second-order valence-corrected chi connectivity index (χ2v) is 5.43. The summed E-state index contributed by atoms with van der Waals surface area (Å²) in [6.07, 6.45) is 1.54. The Balaban J connectivity index is 2.31. The lowest BCUT2D eigenvalue weighted by atomic mass is 10.1. The summed E-state index contributed by atoms with van der Waals surface area (Å²) in [5, 5.41) is 31.6. The number of hydrogen-bond donors (Lipinski definition) is 3. The van der Waals surface area contributed by atoms with Gasteiger partial charge in [0.2, 0.25) is 0 Å². The second kappa shape index (κ2) is 6.57. The van der Waals surface area contributed by atoms with Crippen molar-refractivity contribution in [3.63, 3.8) is 0 Å². The van der Waals surface area contributed by atoms with Crippen molar-refractivity contribution in [3.05, 3.63) is 51.3 Å².